The molecular formula is C16H20N2O3S. The second-order valence-electron chi connectivity index (χ2n) is 5.63. The molecule has 0 unspecified atom stereocenters. The Kier molecular flexibility index (Phi) is 4.31. The number of amides is 1. The smallest absolute Gasteiger partial charge is 0.289 e. The predicted octanol–water partition coefficient (Wildman–Crippen LogP) is 2.61. The molecule has 3 heterocycles. The zero-order chi connectivity index (χ0) is 15.7. The number of nitrogens with zero attached hydrogens (tertiary/aromatic N) is 1. The van der Waals surface area contributed by atoms with E-state index in [9.17, 15) is 4.79 Å². The zero-order valence-corrected chi connectivity index (χ0v) is 13.6. The highest BCUT2D eigenvalue weighted by molar-refractivity contribution is 7.97. The van der Waals surface area contributed by atoms with Crippen LogP contribution >= 0.6 is 11.8 Å². The van der Waals surface area contributed by atoms with Crippen molar-refractivity contribution in [2.24, 2.45) is 5.73 Å². The molecule has 0 radical (unpaired) electrons. The summed E-state index contributed by atoms with van der Waals surface area (Å²) in [6.07, 6.45) is 2.00. The van der Waals surface area contributed by atoms with Gasteiger partial charge in [-0.25, -0.2) is 0 Å². The summed E-state index contributed by atoms with van der Waals surface area (Å²) in [5, 5.41) is 0. The van der Waals surface area contributed by atoms with Gasteiger partial charge in [-0.3, -0.25) is 4.79 Å². The standard InChI is InChI=1S/C16H20N2O3S/c1-10-3-5-14(20-10)12-7-18(8-13(12)17)16(19)15-6-4-11(21-15)9-22-2/h3-6,12-13H,7-9,17H2,1-2H3/t12-,13-/m1/s1. The van der Waals surface area contributed by atoms with Gasteiger partial charge in [0.2, 0.25) is 0 Å². The summed E-state index contributed by atoms with van der Waals surface area (Å²) in [6.45, 7) is 2.98. The first-order chi connectivity index (χ1) is 10.6. The maximum atomic E-state index is 12.5. The second-order valence-corrected chi connectivity index (χ2v) is 6.49. The summed E-state index contributed by atoms with van der Waals surface area (Å²) in [7, 11) is 0. The maximum absolute atomic E-state index is 12.5. The third kappa shape index (κ3) is 2.94. The molecule has 118 valence electrons. The van der Waals surface area contributed by atoms with Crippen LogP contribution in [-0.4, -0.2) is 36.2 Å². The lowest BCUT2D eigenvalue weighted by Crippen LogP contribution is -2.32. The fourth-order valence-corrected chi connectivity index (χ4v) is 3.26. The molecule has 1 fully saturated rings. The van der Waals surface area contributed by atoms with Crippen molar-refractivity contribution in [2.45, 2.75) is 24.6 Å². The van der Waals surface area contributed by atoms with Gasteiger partial charge in [-0.05, 0) is 37.4 Å². The maximum Gasteiger partial charge on any atom is 0.289 e. The molecule has 1 amide bonds. The summed E-state index contributed by atoms with van der Waals surface area (Å²) < 4.78 is 11.3. The van der Waals surface area contributed by atoms with Crippen LogP contribution in [0.15, 0.2) is 33.1 Å². The van der Waals surface area contributed by atoms with Gasteiger partial charge < -0.3 is 19.5 Å². The predicted molar refractivity (Wildman–Crippen MR) is 86.0 cm³/mol. The number of hydrogen-bond acceptors (Lipinski definition) is 5. The van der Waals surface area contributed by atoms with E-state index in [4.69, 9.17) is 14.6 Å². The molecule has 3 rings (SSSR count). The molecular weight excluding hydrogens is 300 g/mol. The number of nitrogens with two attached hydrogens (primary N) is 1. The Labute approximate surface area is 133 Å². The lowest BCUT2D eigenvalue weighted by atomic mass is 10.0. The van der Waals surface area contributed by atoms with Crippen molar-refractivity contribution in [2.75, 3.05) is 19.3 Å². The number of aryl methyl sites for hydroxylation is 1. The first-order valence-corrected chi connectivity index (χ1v) is 8.66. The minimum absolute atomic E-state index is 0.0401. The Morgan fingerprint density at radius 2 is 2.14 bits per heavy atom. The van der Waals surface area contributed by atoms with Crippen LogP contribution in [0.3, 0.4) is 0 Å². The highest BCUT2D eigenvalue weighted by Gasteiger charge is 2.36. The van der Waals surface area contributed by atoms with Crippen LogP contribution < -0.4 is 5.73 Å². The Hall–Kier alpha value is -1.66. The first kappa shape index (κ1) is 15.2. The van der Waals surface area contributed by atoms with Crippen LogP contribution in [-0.2, 0) is 5.75 Å². The molecule has 1 aliphatic rings. The molecule has 2 N–H and O–H groups in total. The molecule has 6 heteroatoms. The number of carbonyl (C=O) groups excluding carboxylic acids is 1. The number of rotatable bonds is 4. The van der Waals surface area contributed by atoms with Crippen LogP contribution in [0.5, 0.6) is 0 Å². The summed E-state index contributed by atoms with van der Waals surface area (Å²) >= 11 is 1.66. The minimum atomic E-state index is -0.116. The van der Waals surface area contributed by atoms with Crippen molar-refractivity contribution in [1.82, 2.24) is 4.90 Å². The molecule has 2 aromatic rings. The Morgan fingerprint density at radius 3 is 2.82 bits per heavy atom. The van der Waals surface area contributed by atoms with E-state index in [1.165, 1.54) is 0 Å². The van der Waals surface area contributed by atoms with Crippen LogP contribution in [0.1, 0.15) is 33.8 Å². The molecule has 2 aromatic heterocycles. The van der Waals surface area contributed by atoms with E-state index in [1.54, 1.807) is 22.7 Å². The van der Waals surface area contributed by atoms with Gasteiger partial charge in [-0.1, -0.05) is 0 Å². The summed E-state index contributed by atoms with van der Waals surface area (Å²) in [5.74, 6) is 3.61. The molecule has 5 nitrogen and oxygen atoms in total. The monoisotopic (exact) mass is 320 g/mol. The summed E-state index contributed by atoms with van der Waals surface area (Å²) in [4.78, 5) is 14.3. The Bertz CT molecular complexity index is 664. The van der Waals surface area contributed by atoms with Gasteiger partial charge in [-0.15, -0.1) is 0 Å². The number of likely N-dealkylation sites (tertiary alicyclic amines) is 1. The molecule has 0 bridgehead atoms. The second kappa shape index (κ2) is 6.22. The minimum Gasteiger partial charge on any atom is -0.466 e. The number of thioether (sulfide) groups is 1. The molecule has 0 spiro atoms. The topological polar surface area (TPSA) is 72.6 Å². The van der Waals surface area contributed by atoms with Crippen molar-refractivity contribution in [3.8, 4) is 0 Å². The van der Waals surface area contributed by atoms with Crippen LogP contribution in [0, 0.1) is 6.92 Å². The van der Waals surface area contributed by atoms with Gasteiger partial charge in [-0.2, -0.15) is 11.8 Å². The average Bonchev–Trinajstić information content (AvgIpc) is 3.19. The van der Waals surface area contributed by atoms with Gasteiger partial charge in [0.25, 0.3) is 5.91 Å². The quantitative estimate of drug-likeness (QED) is 0.937. The molecule has 0 aliphatic carbocycles. The summed E-state index contributed by atoms with van der Waals surface area (Å²) in [6, 6.07) is 7.34. The molecule has 22 heavy (non-hydrogen) atoms. The van der Waals surface area contributed by atoms with E-state index in [0.717, 1.165) is 23.0 Å². The van der Waals surface area contributed by atoms with Crippen molar-refractivity contribution in [1.29, 1.82) is 0 Å². The average molecular weight is 320 g/mol. The van der Waals surface area contributed by atoms with E-state index in [2.05, 4.69) is 0 Å². The highest BCUT2D eigenvalue weighted by atomic mass is 32.2. The molecule has 1 saturated heterocycles. The normalized spacial score (nSPS) is 21.5. The van der Waals surface area contributed by atoms with Crippen molar-refractivity contribution >= 4 is 17.7 Å². The summed E-state index contributed by atoms with van der Waals surface area (Å²) in [5.41, 5.74) is 6.19. The van der Waals surface area contributed by atoms with Crippen LogP contribution in [0.2, 0.25) is 0 Å². The van der Waals surface area contributed by atoms with E-state index < -0.39 is 0 Å². The van der Waals surface area contributed by atoms with Crippen LogP contribution in [0.4, 0.5) is 0 Å². The third-order valence-corrected chi connectivity index (χ3v) is 4.51. The lowest BCUT2D eigenvalue weighted by Gasteiger charge is -2.14. The van der Waals surface area contributed by atoms with E-state index >= 15 is 0 Å². The number of hydrogen-bond donors (Lipinski definition) is 1. The number of carbonyl (C=O) groups is 1. The van der Waals surface area contributed by atoms with Gasteiger partial charge in [0, 0.05) is 19.1 Å². The number of furan rings is 2. The Balaban J connectivity index is 1.71. The third-order valence-electron chi connectivity index (χ3n) is 3.94. The van der Waals surface area contributed by atoms with Crippen molar-refractivity contribution in [3.05, 3.63) is 47.3 Å². The largest absolute Gasteiger partial charge is 0.466 e. The fourth-order valence-electron chi connectivity index (χ4n) is 2.82. The van der Waals surface area contributed by atoms with E-state index in [1.807, 2.05) is 31.4 Å². The van der Waals surface area contributed by atoms with Gasteiger partial charge in [0.05, 0.1) is 11.7 Å². The van der Waals surface area contributed by atoms with Gasteiger partial charge >= 0.3 is 0 Å². The van der Waals surface area contributed by atoms with Crippen LogP contribution in [0.25, 0.3) is 0 Å². The van der Waals surface area contributed by atoms with Gasteiger partial charge in [0.1, 0.15) is 17.3 Å². The van der Waals surface area contributed by atoms with E-state index in [0.29, 0.717) is 18.8 Å². The SMILES string of the molecule is CSCc1ccc(C(=O)N2C[C@@H](N)[C@H](c3ccc(C)o3)C2)o1. The molecule has 0 aromatic carbocycles. The lowest BCUT2D eigenvalue weighted by molar-refractivity contribution is 0.0755. The first-order valence-electron chi connectivity index (χ1n) is 7.27. The zero-order valence-electron chi connectivity index (χ0n) is 12.7. The molecule has 2 atom stereocenters. The van der Waals surface area contributed by atoms with Gasteiger partial charge in [0.15, 0.2) is 5.76 Å². The van der Waals surface area contributed by atoms with Crippen molar-refractivity contribution in [3.63, 3.8) is 0 Å². The van der Waals surface area contributed by atoms with E-state index in [-0.39, 0.29) is 17.9 Å². The highest BCUT2D eigenvalue weighted by Crippen LogP contribution is 2.29. The van der Waals surface area contributed by atoms with Crippen molar-refractivity contribution < 1.29 is 13.6 Å². The fraction of sp³-hybridized carbons (Fsp3) is 0.438. The molecule has 1 aliphatic heterocycles. The Morgan fingerprint density at radius 1 is 1.32 bits per heavy atom. The molecule has 0 saturated carbocycles.